The summed E-state index contributed by atoms with van der Waals surface area (Å²) in [6.45, 7) is 7.30. The van der Waals surface area contributed by atoms with Crippen molar-refractivity contribution in [2.24, 2.45) is 0 Å². The van der Waals surface area contributed by atoms with Crippen LogP contribution in [0.25, 0.3) is 33.4 Å². The van der Waals surface area contributed by atoms with Gasteiger partial charge in [-0.3, -0.25) is 14.8 Å². The van der Waals surface area contributed by atoms with Crippen molar-refractivity contribution < 1.29 is 36.5 Å². The molecule has 20 heteroatoms. The number of alkyl halides is 4. The molecule has 3 aromatic heterocycles. The molecular weight excluding hydrogens is 1030 g/mol. The molecule has 4 bridgehead atoms. The SMILES string of the molecule is CC1=C(c2cccc(C)c2OC(F)F)N(C)Cc2c1nc(OCC13CCCN1C(c1ccc(OC(F)F)c(-c4ncc5c(N6CC7CCC(C6)N7)nc(OCC67CCCN6CCC7)nc5c4C)c1)CC3)nc2N1CC2CCC(C1)N2. The van der Waals surface area contributed by atoms with Crippen LogP contribution in [0.4, 0.5) is 29.2 Å². The first-order valence-electron chi connectivity index (χ1n) is 29.2. The number of ether oxygens (including phenoxy) is 4. The Morgan fingerprint density at radius 3 is 2.01 bits per heavy atom. The van der Waals surface area contributed by atoms with Gasteiger partial charge in [-0.25, -0.2) is 0 Å². The van der Waals surface area contributed by atoms with E-state index >= 15 is 0 Å². The maximum atomic E-state index is 14.4. The summed E-state index contributed by atoms with van der Waals surface area (Å²) in [5.41, 5.74) is 7.57. The van der Waals surface area contributed by atoms with Crippen LogP contribution >= 0.6 is 0 Å². The monoisotopic (exact) mass is 1100 g/mol. The highest BCUT2D eigenvalue weighted by molar-refractivity contribution is 5.95. The highest BCUT2D eigenvalue weighted by Gasteiger charge is 2.51. The summed E-state index contributed by atoms with van der Waals surface area (Å²) < 4.78 is 80.7. The van der Waals surface area contributed by atoms with Crippen LogP contribution in [-0.2, 0) is 6.54 Å². The van der Waals surface area contributed by atoms with Gasteiger partial charge in [0.1, 0.15) is 36.3 Å². The summed E-state index contributed by atoms with van der Waals surface area (Å²) in [4.78, 5) is 37.7. The second-order valence-electron chi connectivity index (χ2n) is 24.4. The topological polar surface area (TPSA) is 142 Å². The van der Waals surface area contributed by atoms with E-state index < -0.39 is 13.2 Å². The van der Waals surface area contributed by atoms with Crippen LogP contribution in [0.2, 0.25) is 0 Å². The van der Waals surface area contributed by atoms with Crippen LogP contribution in [0, 0.1) is 13.8 Å². The maximum absolute atomic E-state index is 14.4. The van der Waals surface area contributed by atoms with Crippen molar-refractivity contribution in [2.45, 2.75) is 159 Å². The van der Waals surface area contributed by atoms with Crippen LogP contribution in [0.5, 0.6) is 23.5 Å². The van der Waals surface area contributed by atoms with E-state index in [4.69, 9.17) is 43.9 Å². The number of hydrogen-bond acceptors (Lipinski definition) is 16. The van der Waals surface area contributed by atoms with E-state index in [1.54, 1.807) is 19.1 Å². The second-order valence-corrected chi connectivity index (χ2v) is 24.4. The van der Waals surface area contributed by atoms with E-state index in [0.29, 0.717) is 77.8 Å². The van der Waals surface area contributed by atoms with Gasteiger partial charge in [0.2, 0.25) is 0 Å². The van der Waals surface area contributed by atoms with Gasteiger partial charge >= 0.3 is 25.2 Å². The quantitative estimate of drug-likeness (QED) is 0.0962. The minimum Gasteiger partial charge on any atom is -0.461 e. The lowest BCUT2D eigenvalue weighted by Gasteiger charge is -2.38. The Bertz CT molecular complexity index is 3230. The summed E-state index contributed by atoms with van der Waals surface area (Å²) in [5.74, 6) is 1.84. The summed E-state index contributed by atoms with van der Waals surface area (Å²) in [5, 5.41) is 8.31. The number of rotatable bonds is 15. The van der Waals surface area contributed by atoms with E-state index in [1.807, 2.05) is 51.4 Å². The molecule has 424 valence electrons. The molecule has 2 aromatic carbocycles. The zero-order valence-corrected chi connectivity index (χ0v) is 46.3. The number of piperazine rings is 2. The number of nitrogens with one attached hydrogen (secondary N) is 2. The molecule has 6 unspecified atom stereocenters. The Balaban J connectivity index is 0.787. The van der Waals surface area contributed by atoms with E-state index in [9.17, 15) is 17.6 Å². The number of aryl methyl sites for hydroxylation is 2. The summed E-state index contributed by atoms with van der Waals surface area (Å²) >= 11 is 0. The predicted molar refractivity (Wildman–Crippen MR) is 297 cm³/mol. The molecule has 0 saturated carbocycles. The van der Waals surface area contributed by atoms with Crippen molar-refractivity contribution in [3.05, 3.63) is 76.1 Å². The molecule has 16 nitrogen and oxygen atoms in total. The molecule has 8 saturated heterocycles. The molecule has 14 rings (SSSR count). The molecule has 0 aliphatic carbocycles. The Labute approximate surface area is 464 Å². The van der Waals surface area contributed by atoms with Gasteiger partial charge < -0.3 is 44.3 Å². The van der Waals surface area contributed by atoms with E-state index in [0.717, 1.165) is 174 Å². The van der Waals surface area contributed by atoms with Gasteiger partial charge in [-0.15, -0.1) is 0 Å². The molecule has 0 spiro atoms. The zero-order valence-electron chi connectivity index (χ0n) is 46.3. The average Bonchev–Trinajstić information content (AvgIpc) is 4.36. The largest absolute Gasteiger partial charge is 0.461 e. The smallest absolute Gasteiger partial charge is 0.387 e. The fourth-order valence-electron chi connectivity index (χ4n) is 16.0. The van der Waals surface area contributed by atoms with Crippen molar-refractivity contribution in [2.75, 3.05) is 75.9 Å². The highest BCUT2D eigenvalue weighted by Crippen LogP contribution is 2.51. The fourth-order valence-corrected chi connectivity index (χ4v) is 16.0. The Kier molecular flexibility index (Phi) is 13.3. The maximum Gasteiger partial charge on any atom is 0.387 e. The average molecular weight is 1100 g/mol. The summed E-state index contributed by atoms with van der Waals surface area (Å²) in [6, 6.07) is 13.1. The first-order chi connectivity index (χ1) is 38.8. The number of benzene rings is 2. The first kappa shape index (κ1) is 52.0. The number of nitrogens with zero attached hydrogens (tertiary/aromatic N) is 10. The third-order valence-corrected chi connectivity index (χ3v) is 19.6. The van der Waals surface area contributed by atoms with Crippen molar-refractivity contribution in [1.82, 2.24) is 50.3 Å². The number of para-hydroxylation sites is 1. The molecular formula is C60H72F4N12O4. The number of aromatic nitrogens is 5. The predicted octanol–water partition coefficient (Wildman–Crippen LogP) is 9.27. The van der Waals surface area contributed by atoms with Gasteiger partial charge in [-0.05, 0) is 152 Å². The summed E-state index contributed by atoms with van der Waals surface area (Å²) in [6.07, 6.45) is 14.3. The number of anilines is 2. The fraction of sp³-hybridized carbons (Fsp3) is 0.583. The van der Waals surface area contributed by atoms with Crippen LogP contribution in [0.15, 0.2) is 42.6 Å². The lowest BCUT2D eigenvalue weighted by Crippen LogP contribution is -2.52. The van der Waals surface area contributed by atoms with Gasteiger partial charge in [0.25, 0.3) is 0 Å². The lowest BCUT2D eigenvalue weighted by molar-refractivity contribution is -0.0508. The molecule has 8 fully saturated rings. The molecule has 9 aliphatic rings. The Morgan fingerprint density at radius 1 is 0.675 bits per heavy atom. The molecule has 5 aromatic rings. The second kappa shape index (κ2) is 20.4. The van der Waals surface area contributed by atoms with Crippen LogP contribution in [-0.4, -0.2) is 154 Å². The molecule has 9 aliphatic heterocycles. The first-order valence-corrected chi connectivity index (χ1v) is 29.2. The highest BCUT2D eigenvalue weighted by atomic mass is 19.3. The molecule has 0 radical (unpaired) electrons. The lowest BCUT2D eigenvalue weighted by atomic mass is 9.94. The standard InChI is InChI=1S/C60H72F4N12O4/c1-34-9-5-10-42(52(34)80-56(63)64)51-36(3)50-45(31-72(51)4)54(74-29-40-14-15-41(30-74)67-40)71-58(69-50)78-33-60-20-8-24-76(60)46(17-21-60)37-11-16-47(79-55(61)62)43(25-37)48-35(2)49-44(26-65-48)53(73-27-38-12-13-39(28-73)66-38)70-57(68-49)77-32-59-18-6-22-75(59)23-7-19-59/h5,9-11,16,25-26,38-41,46,55-56,66-67H,6-8,12-15,17-24,27-33H2,1-4H3. The minimum absolute atomic E-state index is 0.000599. The zero-order chi connectivity index (χ0) is 54.6. The van der Waals surface area contributed by atoms with Gasteiger partial charge in [0.05, 0.1) is 39.1 Å². The van der Waals surface area contributed by atoms with Gasteiger partial charge in [0.15, 0.2) is 0 Å². The Morgan fingerprint density at radius 2 is 1.31 bits per heavy atom. The van der Waals surface area contributed by atoms with Crippen LogP contribution in [0.1, 0.15) is 124 Å². The van der Waals surface area contributed by atoms with Crippen LogP contribution < -0.4 is 39.4 Å². The summed E-state index contributed by atoms with van der Waals surface area (Å²) in [7, 11) is 1.98. The number of pyridine rings is 1. The molecule has 0 amide bonds. The van der Waals surface area contributed by atoms with Gasteiger partial charge in [0, 0.05) is 98.4 Å². The van der Waals surface area contributed by atoms with Crippen molar-refractivity contribution in [3.63, 3.8) is 0 Å². The molecule has 2 N–H and O–H groups in total. The van der Waals surface area contributed by atoms with Crippen LogP contribution in [0.3, 0.4) is 0 Å². The van der Waals surface area contributed by atoms with Crippen molar-refractivity contribution in [3.8, 4) is 34.8 Å². The third kappa shape index (κ3) is 9.14. The van der Waals surface area contributed by atoms with E-state index in [-0.39, 0.29) is 34.6 Å². The number of allylic oxidation sites excluding steroid dienone is 1. The Hall–Kier alpha value is -6.09. The van der Waals surface area contributed by atoms with E-state index in [2.05, 4.69) is 35.1 Å². The number of halogens is 4. The molecule has 80 heavy (non-hydrogen) atoms. The molecule has 12 heterocycles. The normalized spacial score (nSPS) is 27.0. The van der Waals surface area contributed by atoms with Crippen molar-refractivity contribution >= 4 is 33.8 Å². The number of hydrogen-bond donors (Lipinski definition) is 2. The molecule has 6 atom stereocenters. The third-order valence-electron chi connectivity index (χ3n) is 19.6. The van der Waals surface area contributed by atoms with Crippen molar-refractivity contribution in [1.29, 1.82) is 0 Å². The van der Waals surface area contributed by atoms with E-state index in [1.165, 1.54) is 0 Å². The van der Waals surface area contributed by atoms with Gasteiger partial charge in [-0.2, -0.15) is 37.5 Å². The van der Waals surface area contributed by atoms with Gasteiger partial charge in [-0.1, -0.05) is 18.2 Å². The minimum atomic E-state index is -3.04. The number of fused-ring (bicyclic) bond motifs is 8.